The summed E-state index contributed by atoms with van der Waals surface area (Å²) in [7, 11) is -1.44. The van der Waals surface area contributed by atoms with Gasteiger partial charge < -0.3 is 10.0 Å². The minimum atomic E-state index is -1.44. The van der Waals surface area contributed by atoms with E-state index in [1.807, 2.05) is 25.1 Å². The molecule has 2 rings (SSSR count). The molecule has 3 nitrogen and oxygen atoms in total. The van der Waals surface area contributed by atoms with Crippen LogP contribution in [-0.4, -0.2) is 22.2 Å². The highest BCUT2D eigenvalue weighted by atomic mass is 16.4. The van der Waals surface area contributed by atoms with E-state index in [0.717, 1.165) is 16.6 Å². The van der Waals surface area contributed by atoms with Crippen LogP contribution < -0.4 is 5.46 Å². The van der Waals surface area contributed by atoms with Crippen LogP contribution in [0.15, 0.2) is 30.3 Å². The number of nitrogens with zero attached hydrogens (tertiary/aromatic N) is 1. The second-order valence-corrected chi connectivity index (χ2v) is 3.24. The number of rotatable bonds is 1. The molecule has 0 saturated heterocycles. The molecule has 14 heavy (non-hydrogen) atoms. The van der Waals surface area contributed by atoms with E-state index in [1.54, 1.807) is 12.1 Å². The van der Waals surface area contributed by atoms with Gasteiger partial charge in [0.05, 0.1) is 5.52 Å². The molecule has 4 heteroatoms. The molecule has 0 fully saturated rings. The largest absolute Gasteiger partial charge is 0.489 e. The smallest absolute Gasteiger partial charge is 0.423 e. The molecule has 0 amide bonds. The van der Waals surface area contributed by atoms with Gasteiger partial charge in [0.1, 0.15) is 0 Å². The molecule has 0 atom stereocenters. The molecule has 2 aromatic rings. The fourth-order valence-electron chi connectivity index (χ4n) is 1.51. The minimum Gasteiger partial charge on any atom is -0.423 e. The molecular weight excluding hydrogens is 177 g/mol. The van der Waals surface area contributed by atoms with Crippen molar-refractivity contribution in [2.24, 2.45) is 0 Å². The van der Waals surface area contributed by atoms with E-state index in [4.69, 9.17) is 10.0 Å². The second-order valence-electron chi connectivity index (χ2n) is 3.24. The Hall–Kier alpha value is -1.39. The maximum absolute atomic E-state index is 9.12. The molecular formula is C10H10BNO2. The molecule has 0 aliphatic heterocycles. The maximum atomic E-state index is 9.12. The van der Waals surface area contributed by atoms with Gasteiger partial charge in [0.2, 0.25) is 0 Å². The number of aromatic nitrogens is 1. The molecule has 1 heterocycles. The van der Waals surface area contributed by atoms with Gasteiger partial charge in [-0.2, -0.15) is 0 Å². The van der Waals surface area contributed by atoms with Crippen molar-refractivity contribution in [3.05, 3.63) is 36.0 Å². The molecule has 0 unspecified atom stereocenters. The number of hydrogen-bond donors (Lipinski definition) is 2. The predicted molar refractivity (Wildman–Crippen MR) is 56.3 cm³/mol. The number of aryl methyl sites for hydroxylation is 1. The number of benzene rings is 1. The fourth-order valence-corrected chi connectivity index (χ4v) is 1.51. The van der Waals surface area contributed by atoms with Gasteiger partial charge in [-0.3, -0.25) is 4.98 Å². The van der Waals surface area contributed by atoms with E-state index in [1.165, 1.54) is 0 Å². The quantitative estimate of drug-likeness (QED) is 0.628. The summed E-state index contributed by atoms with van der Waals surface area (Å²) in [5, 5.41) is 19.0. The Labute approximate surface area is 82.2 Å². The highest BCUT2D eigenvalue weighted by Crippen LogP contribution is 2.09. The first kappa shape index (κ1) is 9.18. The van der Waals surface area contributed by atoms with Crippen molar-refractivity contribution in [3.63, 3.8) is 0 Å². The predicted octanol–water partition coefficient (Wildman–Crippen LogP) is 0.223. The van der Waals surface area contributed by atoms with Gasteiger partial charge >= 0.3 is 7.12 Å². The van der Waals surface area contributed by atoms with Gasteiger partial charge in [0.15, 0.2) is 0 Å². The molecule has 0 spiro atoms. The zero-order valence-corrected chi connectivity index (χ0v) is 7.81. The van der Waals surface area contributed by atoms with E-state index >= 15 is 0 Å². The maximum Gasteiger partial charge on any atom is 0.489 e. The van der Waals surface area contributed by atoms with Gasteiger partial charge in [0, 0.05) is 5.69 Å². The van der Waals surface area contributed by atoms with Crippen LogP contribution in [0, 0.1) is 6.92 Å². The van der Waals surface area contributed by atoms with Crippen LogP contribution in [0.3, 0.4) is 0 Å². The Balaban J connectivity index is 2.75. The molecule has 0 radical (unpaired) electrons. The van der Waals surface area contributed by atoms with E-state index in [2.05, 4.69) is 4.98 Å². The lowest BCUT2D eigenvalue weighted by atomic mass is 9.78. The average molecular weight is 187 g/mol. The lowest BCUT2D eigenvalue weighted by Gasteiger charge is -2.04. The van der Waals surface area contributed by atoms with Crippen LogP contribution in [0.1, 0.15) is 5.69 Å². The third-order valence-corrected chi connectivity index (χ3v) is 2.18. The van der Waals surface area contributed by atoms with Gasteiger partial charge in [-0.05, 0) is 29.9 Å². The molecule has 1 aromatic heterocycles. The van der Waals surface area contributed by atoms with Gasteiger partial charge in [-0.15, -0.1) is 0 Å². The first-order valence-corrected chi connectivity index (χ1v) is 4.41. The topological polar surface area (TPSA) is 53.4 Å². The lowest BCUT2D eigenvalue weighted by Crippen LogP contribution is -2.30. The van der Waals surface area contributed by atoms with E-state index in [-0.39, 0.29) is 0 Å². The van der Waals surface area contributed by atoms with Gasteiger partial charge in [-0.25, -0.2) is 0 Å². The first-order chi connectivity index (χ1) is 6.68. The second kappa shape index (κ2) is 3.40. The summed E-state index contributed by atoms with van der Waals surface area (Å²) in [6.45, 7) is 1.90. The summed E-state index contributed by atoms with van der Waals surface area (Å²) in [6.07, 6.45) is 0. The summed E-state index contributed by atoms with van der Waals surface area (Å²) < 4.78 is 0. The third kappa shape index (κ3) is 1.50. The van der Waals surface area contributed by atoms with Gasteiger partial charge in [0.25, 0.3) is 0 Å². The summed E-state index contributed by atoms with van der Waals surface area (Å²) in [4.78, 5) is 4.30. The van der Waals surface area contributed by atoms with E-state index in [0.29, 0.717) is 5.46 Å². The standard InChI is InChI=1S/C10H10BNO2/c1-7-5-6-8-9(11(13)14)3-2-4-10(8)12-7/h2-6,13-14H,1H3. The summed E-state index contributed by atoms with van der Waals surface area (Å²) in [6, 6.07) is 9.02. The van der Waals surface area contributed by atoms with Crippen LogP contribution in [0.5, 0.6) is 0 Å². The monoisotopic (exact) mass is 187 g/mol. The number of hydrogen-bond acceptors (Lipinski definition) is 3. The molecule has 0 aliphatic rings. The van der Waals surface area contributed by atoms with Crippen molar-refractivity contribution in [3.8, 4) is 0 Å². The van der Waals surface area contributed by atoms with Crippen molar-refractivity contribution < 1.29 is 10.0 Å². The molecule has 2 N–H and O–H groups in total. The highest BCUT2D eigenvalue weighted by molar-refractivity contribution is 6.61. The van der Waals surface area contributed by atoms with Crippen LogP contribution in [0.25, 0.3) is 10.9 Å². The summed E-state index contributed by atoms with van der Waals surface area (Å²) in [5.41, 5.74) is 2.20. The van der Waals surface area contributed by atoms with Crippen LogP contribution in [0.4, 0.5) is 0 Å². The molecule has 0 bridgehead atoms. The van der Waals surface area contributed by atoms with Gasteiger partial charge in [-0.1, -0.05) is 18.2 Å². The summed E-state index contributed by atoms with van der Waals surface area (Å²) in [5.74, 6) is 0. The molecule has 70 valence electrons. The lowest BCUT2D eigenvalue weighted by molar-refractivity contribution is 0.426. The molecule has 0 aliphatic carbocycles. The SMILES string of the molecule is Cc1ccc2c(B(O)O)cccc2n1. The molecule has 1 aromatic carbocycles. The van der Waals surface area contributed by atoms with Crippen molar-refractivity contribution in [2.45, 2.75) is 6.92 Å². The Bertz CT molecular complexity index is 471. The Morgan fingerprint density at radius 2 is 1.93 bits per heavy atom. The normalized spacial score (nSPS) is 10.5. The Morgan fingerprint density at radius 3 is 2.64 bits per heavy atom. The fraction of sp³-hybridized carbons (Fsp3) is 0.100. The van der Waals surface area contributed by atoms with Crippen molar-refractivity contribution in [1.82, 2.24) is 4.98 Å². The zero-order valence-electron chi connectivity index (χ0n) is 7.81. The Kier molecular flexibility index (Phi) is 2.23. The van der Waals surface area contributed by atoms with Crippen molar-refractivity contribution >= 4 is 23.5 Å². The third-order valence-electron chi connectivity index (χ3n) is 2.18. The van der Waals surface area contributed by atoms with Crippen molar-refractivity contribution in [1.29, 1.82) is 0 Å². The van der Waals surface area contributed by atoms with Crippen LogP contribution >= 0.6 is 0 Å². The van der Waals surface area contributed by atoms with E-state index < -0.39 is 7.12 Å². The highest BCUT2D eigenvalue weighted by Gasteiger charge is 2.14. The average Bonchev–Trinajstić information content (AvgIpc) is 2.16. The van der Waals surface area contributed by atoms with Crippen molar-refractivity contribution in [2.75, 3.05) is 0 Å². The Morgan fingerprint density at radius 1 is 1.14 bits per heavy atom. The van der Waals surface area contributed by atoms with Crippen LogP contribution in [-0.2, 0) is 0 Å². The van der Waals surface area contributed by atoms with Crippen LogP contribution in [0.2, 0.25) is 0 Å². The number of fused-ring (bicyclic) bond motifs is 1. The molecule has 0 saturated carbocycles. The zero-order chi connectivity index (χ0) is 10.1. The number of pyridine rings is 1. The minimum absolute atomic E-state index is 0.495. The first-order valence-electron chi connectivity index (χ1n) is 4.41. The summed E-state index contributed by atoms with van der Waals surface area (Å²) >= 11 is 0. The van der Waals surface area contributed by atoms with E-state index in [9.17, 15) is 0 Å².